The molecule has 0 spiro atoms. The number of aryl methyl sites for hydroxylation is 1. The van der Waals surface area contributed by atoms with Gasteiger partial charge in [0.05, 0.1) is 0 Å². The maximum atomic E-state index is 12.2. The number of nitrogens with zero attached hydrogens (tertiary/aromatic N) is 5. The molecule has 2 rings (SSSR count). The number of azide groups is 1. The van der Waals surface area contributed by atoms with Gasteiger partial charge in [-0.15, -0.1) is 0 Å². The molecule has 1 aromatic heterocycles. The summed E-state index contributed by atoms with van der Waals surface area (Å²) in [5.74, 6) is -1.40. The summed E-state index contributed by atoms with van der Waals surface area (Å²) in [5, 5.41) is 8.19. The first-order chi connectivity index (χ1) is 12.0. The summed E-state index contributed by atoms with van der Waals surface area (Å²) >= 11 is 5.83. The number of amides is 2. The lowest BCUT2D eigenvalue weighted by molar-refractivity contribution is -0.114. The van der Waals surface area contributed by atoms with E-state index in [2.05, 4.69) is 30.6 Å². The van der Waals surface area contributed by atoms with Crippen LogP contribution in [0, 0.1) is 6.92 Å². The van der Waals surface area contributed by atoms with Crippen molar-refractivity contribution in [3.63, 3.8) is 0 Å². The van der Waals surface area contributed by atoms with Gasteiger partial charge in [-0.3, -0.25) is 9.59 Å². The molecule has 25 heavy (non-hydrogen) atoms. The predicted molar refractivity (Wildman–Crippen MR) is 91.5 cm³/mol. The summed E-state index contributed by atoms with van der Waals surface area (Å²) in [4.78, 5) is 34.4. The van der Waals surface area contributed by atoms with Gasteiger partial charge in [0.25, 0.3) is 11.8 Å². The topological polar surface area (TPSA) is 133 Å². The van der Waals surface area contributed by atoms with Crippen molar-refractivity contribution in [2.75, 3.05) is 5.32 Å². The predicted octanol–water partition coefficient (Wildman–Crippen LogP) is 2.96. The van der Waals surface area contributed by atoms with Gasteiger partial charge in [0, 0.05) is 22.4 Å². The third kappa shape index (κ3) is 5.31. The van der Waals surface area contributed by atoms with Crippen LogP contribution in [0.15, 0.2) is 53.4 Å². The lowest BCUT2D eigenvalue weighted by Gasteiger charge is -2.08. The number of anilines is 1. The van der Waals surface area contributed by atoms with Crippen LogP contribution >= 0.6 is 11.6 Å². The van der Waals surface area contributed by atoms with Crippen LogP contribution < -0.4 is 10.6 Å². The number of carbonyl (C=O) groups excluding carboxylic acids is 2. The van der Waals surface area contributed by atoms with Gasteiger partial charge in [0.1, 0.15) is 10.9 Å². The molecule has 0 fully saturated rings. The zero-order chi connectivity index (χ0) is 18.2. The van der Waals surface area contributed by atoms with Crippen molar-refractivity contribution in [2.24, 2.45) is 5.11 Å². The van der Waals surface area contributed by atoms with Crippen LogP contribution in [0.3, 0.4) is 0 Å². The van der Waals surface area contributed by atoms with Crippen molar-refractivity contribution in [2.45, 2.75) is 6.92 Å². The highest BCUT2D eigenvalue weighted by molar-refractivity contribution is 6.29. The van der Waals surface area contributed by atoms with E-state index in [1.165, 1.54) is 0 Å². The van der Waals surface area contributed by atoms with Gasteiger partial charge >= 0.3 is 0 Å². The van der Waals surface area contributed by atoms with Crippen LogP contribution in [0.2, 0.25) is 5.15 Å². The van der Waals surface area contributed by atoms with E-state index in [4.69, 9.17) is 17.1 Å². The Morgan fingerprint density at radius 2 is 2.00 bits per heavy atom. The molecule has 2 amide bonds. The van der Waals surface area contributed by atoms with Gasteiger partial charge in [0.2, 0.25) is 5.95 Å². The first-order valence-electron chi connectivity index (χ1n) is 6.93. The van der Waals surface area contributed by atoms with Crippen molar-refractivity contribution in [3.8, 4) is 0 Å². The average molecular weight is 358 g/mol. The third-order valence-corrected chi connectivity index (χ3v) is 3.01. The van der Waals surface area contributed by atoms with Crippen molar-refractivity contribution in [3.05, 3.63) is 75.1 Å². The van der Waals surface area contributed by atoms with Crippen molar-refractivity contribution >= 4 is 29.4 Å². The molecule has 0 bridgehead atoms. The molecule has 0 radical (unpaired) electrons. The fourth-order valence-corrected chi connectivity index (χ4v) is 2.00. The van der Waals surface area contributed by atoms with E-state index in [0.717, 1.165) is 6.20 Å². The second-order valence-corrected chi connectivity index (χ2v) is 5.06. The van der Waals surface area contributed by atoms with E-state index in [1.54, 1.807) is 43.3 Å². The summed E-state index contributed by atoms with van der Waals surface area (Å²) < 4.78 is 0. The van der Waals surface area contributed by atoms with Gasteiger partial charge in [-0.2, -0.15) is 0 Å². The monoisotopic (exact) mass is 357 g/mol. The molecule has 2 N–H and O–H groups in total. The van der Waals surface area contributed by atoms with E-state index in [9.17, 15) is 9.59 Å². The van der Waals surface area contributed by atoms with E-state index >= 15 is 0 Å². The van der Waals surface area contributed by atoms with E-state index < -0.39 is 11.8 Å². The molecule has 0 aliphatic heterocycles. The molecular weight excluding hydrogens is 346 g/mol. The smallest absolute Gasteiger partial charge is 0.266 e. The molecule has 1 heterocycles. The Kier molecular flexibility index (Phi) is 6.05. The van der Waals surface area contributed by atoms with Crippen LogP contribution in [-0.2, 0) is 4.79 Å². The number of halogens is 1. The van der Waals surface area contributed by atoms with Gasteiger partial charge in [-0.05, 0) is 35.8 Å². The van der Waals surface area contributed by atoms with E-state index in [-0.39, 0.29) is 16.8 Å². The minimum absolute atomic E-state index is 0.116. The maximum Gasteiger partial charge on any atom is 0.266 e. The molecule has 0 aliphatic rings. The van der Waals surface area contributed by atoms with E-state index in [1.807, 2.05) is 0 Å². The van der Waals surface area contributed by atoms with Gasteiger partial charge in [-0.1, -0.05) is 29.8 Å². The lowest BCUT2D eigenvalue weighted by atomic mass is 10.2. The molecule has 0 aliphatic carbocycles. The summed E-state index contributed by atoms with van der Waals surface area (Å²) in [5.41, 5.74) is 9.09. The number of hydrogen-bond acceptors (Lipinski definition) is 5. The number of rotatable bonds is 5. The molecule has 10 heteroatoms. The third-order valence-electron chi connectivity index (χ3n) is 2.82. The highest BCUT2D eigenvalue weighted by atomic mass is 35.5. The van der Waals surface area contributed by atoms with Crippen molar-refractivity contribution in [1.82, 2.24) is 15.3 Å². The number of aromatic nitrogens is 2. The molecule has 126 valence electrons. The molecule has 2 aromatic rings. The molecule has 0 atom stereocenters. The number of nitrogens with one attached hydrogen (secondary N) is 2. The molecule has 9 nitrogen and oxygen atoms in total. The second-order valence-electron chi connectivity index (χ2n) is 4.67. The van der Waals surface area contributed by atoms with Gasteiger partial charge < -0.3 is 10.6 Å². The Labute approximate surface area is 147 Å². The summed E-state index contributed by atoms with van der Waals surface area (Å²) in [6.45, 7) is 1.71. The SMILES string of the molecule is Cc1cc(Cl)nc(N/C=C(\NC(=O)c2ccccc2)C(=O)N=[N+]=[N-])n1. The quantitative estimate of drug-likeness (QED) is 0.279. The largest absolute Gasteiger partial charge is 0.329 e. The summed E-state index contributed by atoms with van der Waals surface area (Å²) in [6, 6.07) is 9.80. The highest BCUT2D eigenvalue weighted by Gasteiger charge is 2.13. The van der Waals surface area contributed by atoms with E-state index in [0.29, 0.717) is 11.3 Å². The Morgan fingerprint density at radius 1 is 1.28 bits per heavy atom. The normalized spacial score (nSPS) is 10.6. The van der Waals surface area contributed by atoms with Crippen LogP contribution in [-0.4, -0.2) is 21.8 Å². The van der Waals surface area contributed by atoms with Crippen LogP contribution in [0.5, 0.6) is 0 Å². The average Bonchev–Trinajstić information content (AvgIpc) is 2.58. The molecule has 0 saturated carbocycles. The first kappa shape index (κ1) is 17.9. The van der Waals surface area contributed by atoms with Crippen LogP contribution in [0.1, 0.15) is 16.1 Å². The zero-order valence-electron chi connectivity index (χ0n) is 13.0. The minimum atomic E-state index is -0.974. The number of carbonyl (C=O) groups is 2. The molecule has 1 aromatic carbocycles. The summed E-state index contributed by atoms with van der Waals surface area (Å²) in [7, 11) is 0. The Morgan fingerprint density at radius 3 is 2.64 bits per heavy atom. The Balaban J connectivity index is 2.24. The van der Waals surface area contributed by atoms with Crippen molar-refractivity contribution in [1.29, 1.82) is 0 Å². The molecule has 0 unspecified atom stereocenters. The first-order valence-corrected chi connectivity index (χ1v) is 7.31. The summed E-state index contributed by atoms with van der Waals surface area (Å²) in [6.07, 6.45) is 1.13. The van der Waals surface area contributed by atoms with Crippen molar-refractivity contribution < 1.29 is 9.59 Å². The molecular formula is C15H12ClN7O2. The molecule has 0 saturated heterocycles. The van der Waals surface area contributed by atoms with Crippen LogP contribution in [0.4, 0.5) is 5.95 Å². The van der Waals surface area contributed by atoms with Crippen LogP contribution in [0.25, 0.3) is 10.4 Å². The van der Waals surface area contributed by atoms with Gasteiger partial charge in [-0.25, -0.2) is 9.97 Å². The second kappa shape index (κ2) is 8.44. The fraction of sp³-hybridized carbons (Fsp3) is 0.0667. The fourth-order valence-electron chi connectivity index (χ4n) is 1.76. The Hall–Kier alpha value is -3.42. The zero-order valence-corrected chi connectivity index (χ0v) is 13.7. The lowest BCUT2D eigenvalue weighted by Crippen LogP contribution is -2.27. The number of benzene rings is 1. The minimum Gasteiger partial charge on any atom is -0.329 e. The number of hydrogen-bond donors (Lipinski definition) is 2. The highest BCUT2D eigenvalue weighted by Crippen LogP contribution is 2.10. The Bertz CT molecular complexity index is 856. The standard InChI is InChI=1S/C15H12ClN7O2/c1-9-7-12(16)21-15(19-9)18-8-11(14(25)22-23-17)20-13(24)10-5-3-2-4-6-10/h2-8H,1H3,(H,20,24)(H,18,19,21)/b11-8-. The maximum absolute atomic E-state index is 12.2. The van der Waals surface area contributed by atoms with Gasteiger partial charge in [0.15, 0.2) is 0 Å².